The molecule has 1 aliphatic rings. The fraction of sp³-hybridized carbons (Fsp3) is 0.467. The van der Waals surface area contributed by atoms with Crippen LogP contribution in [0.3, 0.4) is 0 Å². The van der Waals surface area contributed by atoms with Gasteiger partial charge in [0.15, 0.2) is 5.78 Å². The molecule has 2 aromatic rings. The second-order valence-electron chi connectivity index (χ2n) is 5.14. The topological polar surface area (TPSA) is 69.9 Å². The van der Waals surface area contributed by atoms with Gasteiger partial charge in [-0.25, -0.2) is 4.68 Å². The number of ketones is 1. The van der Waals surface area contributed by atoms with Crippen LogP contribution in [0.15, 0.2) is 35.5 Å². The maximum atomic E-state index is 12.1. The molecule has 1 fully saturated rings. The summed E-state index contributed by atoms with van der Waals surface area (Å²) in [5, 5.41) is 12.7. The van der Waals surface area contributed by atoms with E-state index in [0.717, 1.165) is 36.8 Å². The lowest BCUT2D eigenvalue weighted by atomic mass is 10.1. The number of Topliss-reactive ketones (excluding diaryl/α,β-unsaturated/α-hetero) is 1. The molecule has 1 aromatic heterocycles. The van der Waals surface area contributed by atoms with E-state index in [1.807, 2.05) is 35.0 Å². The highest BCUT2D eigenvalue weighted by molar-refractivity contribution is 7.99. The molecule has 0 bridgehead atoms. The molecule has 22 heavy (non-hydrogen) atoms. The van der Waals surface area contributed by atoms with Gasteiger partial charge in [-0.3, -0.25) is 4.79 Å². The molecule has 0 radical (unpaired) electrons. The molecule has 0 amide bonds. The molecule has 116 valence electrons. The zero-order valence-corrected chi connectivity index (χ0v) is 13.0. The minimum Gasteiger partial charge on any atom is -0.381 e. The first-order valence-electron chi connectivity index (χ1n) is 7.41. The van der Waals surface area contributed by atoms with E-state index < -0.39 is 0 Å². The van der Waals surface area contributed by atoms with Gasteiger partial charge in [-0.2, -0.15) is 0 Å². The van der Waals surface area contributed by atoms with Crippen molar-refractivity contribution < 1.29 is 9.53 Å². The van der Waals surface area contributed by atoms with Crippen LogP contribution in [0.1, 0.15) is 35.7 Å². The molecule has 1 aliphatic heterocycles. The van der Waals surface area contributed by atoms with E-state index in [1.165, 1.54) is 11.8 Å². The summed E-state index contributed by atoms with van der Waals surface area (Å²) in [6.45, 7) is 1.50. The summed E-state index contributed by atoms with van der Waals surface area (Å²) in [5.74, 6) is 0.829. The number of hydrogen-bond acceptors (Lipinski definition) is 6. The van der Waals surface area contributed by atoms with Gasteiger partial charge in [0.2, 0.25) is 5.16 Å². The van der Waals surface area contributed by atoms with E-state index in [4.69, 9.17) is 4.74 Å². The van der Waals surface area contributed by atoms with Gasteiger partial charge in [0.25, 0.3) is 0 Å². The third kappa shape index (κ3) is 3.72. The predicted octanol–water partition coefficient (Wildman–Crippen LogP) is 2.39. The summed E-state index contributed by atoms with van der Waals surface area (Å²) in [4.78, 5) is 12.1. The first-order valence-corrected chi connectivity index (χ1v) is 8.40. The van der Waals surface area contributed by atoms with Crippen LogP contribution in [0.25, 0.3) is 0 Å². The predicted molar refractivity (Wildman–Crippen MR) is 83.0 cm³/mol. The Morgan fingerprint density at radius 3 is 2.82 bits per heavy atom. The van der Waals surface area contributed by atoms with E-state index in [0.29, 0.717) is 18.2 Å². The van der Waals surface area contributed by atoms with Gasteiger partial charge in [0, 0.05) is 31.0 Å². The largest absolute Gasteiger partial charge is 0.381 e. The zero-order valence-electron chi connectivity index (χ0n) is 12.2. The summed E-state index contributed by atoms with van der Waals surface area (Å²) in [7, 11) is 0. The van der Waals surface area contributed by atoms with Crippen LogP contribution >= 0.6 is 11.8 Å². The van der Waals surface area contributed by atoms with Gasteiger partial charge >= 0.3 is 0 Å². The number of hydrogen-bond donors (Lipinski definition) is 0. The molecule has 3 rings (SSSR count). The molecule has 0 N–H and O–H groups in total. The van der Waals surface area contributed by atoms with E-state index >= 15 is 0 Å². The van der Waals surface area contributed by atoms with Gasteiger partial charge < -0.3 is 4.74 Å². The standard InChI is InChI=1S/C15H18N4O2S/c20-14(12-4-2-1-3-5-12)8-11-22-15-16-17-18-19(15)13-6-9-21-10-7-13/h1-5,13H,6-11H2. The lowest BCUT2D eigenvalue weighted by Crippen LogP contribution is -2.21. The van der Waals surface area contributed by atoms with Crippen molar-refractivity contribution in [3.05, 3.63) is 35.9 Å². The lowest BCUT2D eigenvalue weighted by molar-refractivity contribution is 0.0631. The van der Waals surface area contributed by atoms with Gasteiger partial charge in [0.1, 0.15) is 0 Å². The third-order valence-electron chi connectivity index (χ3n) is 3.66. The van der Waals surface area contributed by atoms with Gasteiger partial charge in [-0.15, -0.1) is 5.10 Å². The van der Waals surface area contributed by atoms with Crippen LogP contribution in [-0.4, -0.2) is 45.0 Å². The monoisotopic (exact) mass is 318 g/mol. The van der Waals surface area contributed by atoms with Crippen molar-refractivity contribution in [3.63, 3.8) is 0 Å². The maximum Gasteiger partial charge on any atom is 0.209 e. The second kappa shape index (κ2) is 7.51. The van der Waals surface area contributed by atoms with E-state index in [-0.39, 0.29) is 5.78 Å². The van der Waals surface area contributed by atoms with Crippen molar-refractivity contribution in [1.82, 2.24) is 20.2 Å². The van der Waals surface area contributed by atoms with Crippen molar-refractivity contribution >= 4 is 17.5 Å². The SMILES string of the molecule is O=C(CCSc1nnnn1C1CCOCC1)c1ccccc1. The second-order valence-corrected chi connectivity index (χ2v) is 6.20. The van der Waals surface area contributed by atoms with Crippen LogP contribution in [0.4, 0.5) is 0 Å². The quantitative estimate of drug-likeness (QED) is 0.601. The molecule has 0 aliphatic carbocycles. The first kappa shape index (κ1) is 15.2. The Labute approximate surface area is 133 Å². The Bertz CT molecular complexity index is 611. The zero-order chi connectivity index (χ0) is 15.2. The van der Waals surface area contributed by atoms with Crippen LogP contribution in [0.5, 0.6) is 0 Å². The van der Waals surface area contributed by atoms with Crippen LogP contribution in [-0.2, 0) is 4.74 Å². The number of carbonyl (C=O) groups excluding carboxylic acids is 1. The number of carbonyl (C=O) groups is 1. The van der Waals surface area contributed by atoms with Crippen LogP contribution < -0.4 is 0 Å². The number of ether oxygens (including phenoxy) is 1. The van der Waals surface area contributed by atoms with Crippen molar-refractivity contribution in [3.8, 4) is 0 Å². The molecule has 7 heteroatoms. The Hall–Kier alpha value is -1.73. The summed E-state index contributed by atoms with van der Waals surface area (Å²) in [6.07, 6.45) is 2.35. The minimum absolute atomic E-state index is 0.151. The third-order valence-corrected chi connectivity index (χ3v) is 4.59. The molecule has 0 saturated carbocycles. The normalized spacial score (nSPS) is 15.8. The van der Waals surface area contributed by atoms with Crippen molar-refractivity contribution in [1.29, 1.82) is 0 Å². The fourth-order valence-corrected chi connectivity index (χ4v) is 3.32. The van der Waals surface area contributed by atoms with E-state index in [9.17, 15) is 4.79 Å². The average Bonchev–Trinajstić information content (AvgIpc) is 3.05. The highest BCUT2D eigenvalue weighted by atomic mass is 32.2. The van der Waals surface area contributed by atoms with E-state index in [1.54, 1.807) is 0 Å². The number of aromatic nitrogens is 4. The number of tetrazole rings is 1. The summed E-state index contributed by atoms with van der Waals surface area (Å²) in [5.41, 5.74) is 0.757. The lowest BCUT2D eigenvalue weighted by Gasteiger charge is -2.22. The molecular weight excluding hydrogens is 300 g/mol. The maximum absolute atomic E-state index is 12.1. The molecular formula is C15H18N4O2S. The minimum atomic E-state index is 0.151. The van der Waals surface area contributed by atoms with Crippen molar-refractivity contribution in [2.75, 3.05) is 19.0 Å². The Morgan fingerprint density at radius 1 is 1.27 bits per heavy atom. The van der Waals surface area contributed by atoms with Crippen molar-refractivity contribution in [2.24, 2.45) is 0 Å². The van der Waals surface area contributed by atoms with Gasteiger partial charge in [0.05, 0.1) is 6.04 Å². The molecule has 6 nitrogen and oxygen atoms in total. The molecule has 1 aromatic carbocycles. The van der Waals surface area contributed by atoms with E-state index in [2.05, 4.69) is 15.5 Å². The molecule has 0 unspecified atom stereocenters. The molecule has 2 heterocycles. The van der Waals surface area contributed by atoms with Gasteiger partial charge in [-0.1, -0.05) is 42.1 Å². The summed E-state index contributed by atoms with van der Waals surface area (Å²) >= 11 is 1.54. The number of thioether (sulfide) groups is 1. The number of benzene rings is 1. The van der Waals surface area contributed by atoms with Gasteiger partial charge in [-0.05, 0) is 23.3 Å². The number of rotatable bonds is 6. The summed E-state index contributed by atoms with van der Waals surface area (Å²) in [6, 6.07) is 9.67. The highest BCUT2D eigenvalue weighted by Crippen LogP contribution is 2.25. The molecule has 1 saturated heterocycles. The first-order chi connectivity index (χ1) is 10.8. The number of nitrogens with zero attached hydrogens (tertiary/aromatic N) is 4. The molecule has 0 spiro atoms. The Morgan fingerprint density at radius 2 is 2.05 bits per heavy atom. The van der Waals surface area contributed by atoms with Crippen molar-refractivity contribution in [2.45, 2.75) is 30.5 Å². The average molecular weight is 318 g/mol. The Kier molecular flexibility index (Phi) is 5.18. The van der Waals surface area contributed by atoms with Crippen LogP contribution in [0.2, 0.25) is 0 Å². The Balaban J connectivity index is 1.54. The smallest absolute Gasteiger partial charge is 0.209 e. The molecule has 0 atom stereocenters. The fourth-order valence-electron chi connectivity index (χ4n) is 2.44. The highest BCUT2D eigenvalue weighted by Gasteiger charge is 2.20. The van der Waals surface area contributed by atoms with Crippen LogP contribution in [0, 0.1) is 0 Å². The summed E-state index contributed by atoms with van der Waals surface area (Å²) < 4.78 is 7.24.